The number of halogens is 2. The number of carbonyl (C=O) groups excluding carboxylic acids is 2. The Morgan fingerprint density at radius 2 is 1.84 bits per heavy atom. The number of thiophene rings is 1. The van der Waals surface area contributed by atoms with Crippen LogP contribution >= 0.6 is 34.5 Å². The second-order valence-electron chi connectivity index (χ2n) is 5.22. The summed E-state index contributed by atoms with van der Waals surface area (Å²) in [6.07, 6.45) is 0. The summed E-state index contributed by atoms with van der Waals surface area (Å²) in [6, 6.07) is 14.7. The fraction of sp³-hybridized carbons (Fsp3) is 0.111. The first-order chi connectivity index (χ1) is 12.0. The quantitative estimate of drug-likeness (QED) is 0.640. The molecule has 0 bridgehead atoms. The average Bonchev–Trinajstić information content (AvgIpc) is 2.94. The molecular formula is C18H13Cl2NO3S. The maximum absolute atomic E-state index is 12.2. The Morgan fingerprint density at radius 1 is 1.08 bits per heavy atom. The Labute approximate surface area is 158 Å². The molecule has 3 rings (SSSR count). The van der Waals surface area contributed by atoms with Gasteiger partial charge in [-0.3, -0.25) is 4.79 Å². The SMILES string of the molecule is O=C(COC(=O)c1sc2cc(Cl)ccc2c1Cl)NCc1ccccc1. The molecule has 1 N–H and O–H groups in total. The van der Waals surface area contributed by atoms with E-state index in [2.05, 4.69) is 5.32 Å². The van der Waals surface area contributed by atoms with Crippen LogP contribution in [-0.2, 0) is 16.1 Å². The van der Waals surface area contributed by atoms with Crippen molar-refractivity contribution in [3.63, 3.8) is 0 Å². The van der Waals surface area contributed by atoms with Crippen molar-refractivity contribution in [2.24, 2.45) is 0 Å². The number of ether oxygens (including phenoxy) is 1. The van der Waals surface area contributed by atoms with E-state index in [0.717, 1.165) is 15.6 Å². The summed E-state index contributed by atoms with van der Waals surface area (Å²) in [7, 11) is 0. The number of benzene rings is 2. The zero-order valence-corrected chi connectivity index (χ0v) is 15.3. The van der Waals surface area contributed by atoms with Gasteiger partial charge in [0.2, 0.25) is 0 Å². The van der Waals surface area contributed by atoms with E-state index in [4.69, 9.17) is 27.9 Å². The van der Waals surface area contributed by atoms with Gasteiger partial charge in [0.05, 0.1) is 5.02 Å². The van der Waals surface area contributed by atoms with Crippen LogP contribution in [0, 0.1) is 0 Å². The van der Waals surface area contributed by atoms with Gasteiger partial charge in [0.1, 0.15) is 4.88 Å². The molecule has 3 aromatic rings. The first kappa shape index (κ1) is 17.7. The fourth-order valence-corrected chi connectivity index (χ4v) is 3.89. The molecule has 0 spiro atoms. The minimum atomic E-state index is -0.628. The maximum atomic E-state index is 12.2. The normalized spacial score (nSPS) is 10.6. The fourth-order valence-electron chi connectivity index (χ4n) is 2.21. The van der Waals surface area contributed by atoms with Gasteiger partial charge in [0.25, 0.3) is 5.91 Å². The zero-order valence-electron chi connectivity index (χ0n) is 12.9. The van der Waals surface area contributed by atoms with Crippen molar-refractivity contribution in [3.8, 4) is 0 Å². The number of hydrogen-bond acceptors (Lipinski definition) is 4. The molecule has 2 aromatic carbocycles. The van der Waals surface area contributed by atoms with Crippen molar-refractivity contribution < 1.29 is 14.3 Å². The minimum absolute atomic E-state index is 0.259. The molecule has 1 aromatic heterocycles. The summed E-state index contributed by atoms with van der Waals surface area (Å²) in [5, 5.41) is 4.30. The number of carbonyl (C=O) groups is 2. The van der Waals surface area contributed by atoms with Gasteiger partial charge in [-0.15, -0.1) is 11.3 Å². The van der Waals surface area contributed by atoms with Crippen molar-refractivity contribution in [1.82, 2.24) is 5.32 Å². The third-order valence-electron chi connectivity index (χ3n) is 3.44. The summed E-state index contributed by atoms with van der Waals surface area (Å²) in [5.41, 5.74) is 0.964. The highest BCUT2D eigenvalue weighted by atomic mass is 35.5. The van der Waals surface area contributed by atoms with E-state index < -0.39 is 5.97 Å². The van der Waals surface area contributed by atoms with Crippen LogP contribution in [0.25, 0.3) is 10.1 Å². The van der Waals surface area contributed by atoms with E-state index in [1.165, 1.54) is 11.3 Å². The molecular weight excluding hydrogens is 381 g/mol. The highest BCUT2D eigenvalue weighted by molar-refractivity contribution is 7.21. The van der Waals surface area contributed by atoms with Crippen molar-refractivity contribution in [2.45, 2.75) is 6.54 Å². The number of hydrogen-bond donors (Lipinski definition) is 1. The van der Waals surface area contributed by atoms with Gasteiger partial charge in [-0.1, -0.05) is 59.6 Å². The van der Waals surface area contributed by atoms with Gasteiger partial charge in [-0.05, 0) is 17.7 Å². The number of rotatable bonds is 5. The van der Waals surface area contributed by atoms with E-state index in [9.17, 15) is 9.59 Å². The molecule has 0 unspecified atom stereocenters. The highest BCUT2D eigenvalue weighted by Crippen LogP contribution is 2.37. The van der Waals surface area contributed by atoms with Gasteiger partial charge in [-0.25, -0.2) is 4.79 Å². The first-order valence-electron chi connectivity index (χ1n) is 7.40. The van der Waals surface area contributed by atoms with Crippen LogP contribution in [0.5, 0.6) is 0 Å². The van der Waals surface area contributed by atoms with Gasteiger partial charge < -0.3 is 10.1 Å². The van der Waals surface area contributed by atoms with Gasteiger partial charge in [-0.2, -0.15) is 0 Å². The summed E-state index contributed by atoms with van der Waals surface area (Å²) in [4.78, 5) is 24.3. The largest absolute Gasteiger partial charge is 0.451 e. The average molecular weight is 394 g/mol. The number of amides is 1. The summed E-state index contributed by atoms with van der Waals surface area (Å²) >= 11 is 13.4. The highest BCUT2D eigenvalue weighted by Gasteiger charge is 2.19. The molecule has 0 aliphatic rings. The van der Waals surface area contributed by atoms with Crippen LogP contribution in [0.4, 0.5) is 0 Å². The van der Waals surface area contributed by atoms with Crippen LogP contribution in [-0.4, -0.2) is 18.5 Å². The zero-order chi connectivity index (χ0) is 17.8. The van der Waals surface area contributed by atoms with Crippen LogP contribution in [0.2, 0.25) is 10.0 Å². The molecule has 0 aliphatic heterocycles. The number of nitrogens with one attached hydrogen (secondary N) is 1. The summed E-state index contributed by atoms with van der Waals surface area (Å²) < 4.78 is 5.85. The van der Waals surface area contributed by atoms with Crippen LogP contribution in [0.15, 0.2) is 48.5 Å². The predicted molar refractivity (Wildman–Crippen MR) is 100 cm³/mol. The Morgan fingerprint density at radius 3 is 2.60 bits per heavy atom. The van der Waals surface area contributed by atoms with Gasteiger partial charge in [0.15, 0.2) is 6.61 Å². The minimum Gasteiger partial charge on any atom is -0.451 e. The van der Waals surface area contributed by atoms with Crippen LogP contribution < -0.4 is 5.32 Å². The second-order valence-corrected chi connectivity index (χ2v) is 7.09. The molecule has 0 fully saturated rings. The van der Waals surface area contributed by atoms with Crippen molar-refractivity contribution in [2.75, 3.05) is 6.61 Å². The molecule has 128 valence electrons. The lowest BCUT2D eigenvalue weighted by Crippen LogP contribution is -2.28. The molecule has 0 radical (unpaired) electrons. The molecule has 1 heterocycles. The molecule has 25 heavy (non-hydrogen) atoms. The maximum Gasteiger partial charge on any atom is 0.350 e. The van der Waals surface area contributed by atoms with Crippen molar-refractivity contribution in [1.29, 1.82) is 0 Å². The van der Waals surface area contributed by atoms with Crippen molar-refractivity contribution in [3.05, 3.63) is 69.0 Å². The first-order valence-corrected chi connectivity index (χ1v) is 8.97. The van der Waals surface area contributed by atoms with E-state index in [0.29, 0.717) is 16.6 Å². The van der Waals surface area contributed by atoms with Gasteiger partial charge in [0, 0.05) is 21.7 Å². The molecule has 4 nitrogen and oxygen atoms in total. The molecule has 0 aliphatic carbocycles. The monoisotopic (exact) mass is 393 g/mol. The molecule has 0 saturated heterocycles. The predicted octanol–water partition coefficient (Wildman–Crippen LogP) is 4.68. The smallest absolute Gasteiger partial charge is 0.350 e. The lowest BCUT2D eigenvalue weighted by molar-refractivity contribution is -0.124. The van der Waals surface area contributed by atoms with E-state index in [1.54, 1.807) is 18.2 Å². The van der Waals surface area contributed by atoms with E-state index >= 15 is 0 Å². The van der Waals surface area contributed by atoms with Gasteiger partial charge >= 0.3 is 5.97 Å². The Hall–Kier alpha value is -2.08. The Bertz CT molecular complexity index is 925. The number of esters is 1. The standard InChI is InChI=1S/C18H13Cl2NO3S/c19-12-6-7-13-14(8-12)25-17(16(13)20)18(23)24-10-15(22)21-9-11-4-2-1-3-5-11/h1-8H,9-10H2,(H,21,22). The van der Waals surface area contributed by atoms with E-state index in [1.807, 2.05) is 30.3 Å². The molecule has 1 amide bonds. The van der Waals surface area contributed by atoms with E-state index in [-0.39, 0.29) is 17.4 Å². The second kappa shape index (κ2) is 7.87. The molecule has 0 atom stereocenters. The molecule has 0 saturated carbocycles. The third kappa shape index (κ3) is 4.31. The third-order valence-corrected chi connectivity index (χ3v) is 5.32. The lowest BCUT2D eigenvalue weighted by Gasteiger charge is -2.06. The molecule has 7 heteroatoms. The lowest BCUT2D eigenvalue weighted by atomic mass is 10.2. The Balaban J connectivity index is 1.59. The van der Waals surface area contributed by atoms with Crippen molar-refractivity contribution >= 4 is 56.5 Å². The number of fused-ring (bicyclic) bond motifs is 1. The summed E-state index contributed by atoms with van der Waals surface area (Å²) in [5.74, 6) is -1.00. The summed E-state index contributed by atoms with van der Waals surface area (Å²) in [6.45, 7) is 0.0103. The topological polar surface area (TPSA) is 55.4 Å². The van der Waals surface area contributed by atoms with Crippen LogP contribution in [0.3, 0.4) is 0 Å². The van der Waals surface area contributed by atoms with Crippen LogP contribution in [0.1, 0.15) is 15.2 Å². The Kier molecular flexibility index (Phi) is 5.58.